The number of amides is 1. The van der Waals surface area contributed by atoms with E-state index in [1.807, 2.05) is 0 Å². The predicted octanol–water partition coefficient (Wildman–Crippen LogP) is 1.11. The van der Waals surface area contributed by atoms with Crippen molar-refractivity contribution in [3.05, 3.63) is 18.0 Å². The lowest BCUT2D eigenvalue weighted by atomic mass is 9.95. The molecule has 2 fully saturated rings. The summed E-state index contributed by atoms with van der Waals surface area (Å²) < 4.78 is 33.6. The fourth-order valence-electron chi connectivity index (χ4n) is 3.34. The van der Waals surface area contributed by atoms with Gasteiger partial charge in [0.1, 0.15) is 10.6 Å². The molecule has 1 saturated carbocycles. The van der Waals surface area contributed by atoms with Crippen LogP contribution in [-0.2, 0) is 21.8 Å². The van der Waals surface area contributed by atoms with Crippen molar-refractivity contribution in [1.82, 2.24) is 14.2 Å². The molecule has 8 heteroatoms. The van der Waals surface area contributed by atoms with Crippen LogP contribution in [0, 0.1) is 0 Å². The summed E-state index contributed by atoms with van der Waals surface area (Å²) in [6, 6.07) is 1.67. The second-order valence-corrected chi connectivity index (χ2v) is 8.43. The van der Waals surface area contributed by atoms with Crippen molar-refractivity contribution in [2.45, 2.75) is 43.0 Å². The zero-order chi connectivity index (χ0) is 17.2. The highest BCUT2D eigenvalue weighted by Gasteiger charge is 2.29. The Morgan fingerprint density at radius 1 is 1.21 bits per heavy atom. The van der Waals surface area contributed by atoms with E-state index in [0.29, 0.717) is 32.0 Å². The third kappa shape index (κ3) is 3.65. The minimum Gasteiger partial charge on any atom is -0.379 e. The lowest BCUT2D eigenvalue weighted by molar-refractivity contribution is 0.0730. The number of hydrogen-bond donors (Lipinski definition) is 1. The van der Waals surface area contributed by atoms with Crippen LogP contribution < -0.4 is 5.32 Å². The normalized spacial score (nSPS) is 20.9. The van der Waals surface area contributed by atoms with Crippen molar-refractivity contribution < 1.29 is 17.9 Å². The van der Waals surface area contributed by atoms with E-state index in [1.54, 1.807) is 11.6 Å². The second kappa shape index (κ2) is 7.25. The molecule has 134 valence electrons. The minimum atomic E-state index is -3.58. The van der Waals surface area contributed by atoms with Crippen LogP contribution >= 0.6 is 0 Å². The summed E-state index contributed by atoms with van der Waals surface area (Å²) in [7, 11) is -1.88. The molecule has 1 amide bonds. The minimum absolute atomic E-state index is 0.167. The van der Waals surface area contributed by atoms with Gasteiger partial charge in [0.25, 0.3) is 5.91 Å². The van der Waals surface area contributed by atoms with Crippen molar-refractivity contribution in [3.63, 3.8) is 0 Å². The second-order valence-electron chi connectivity index (χ2n) is 6.50. The number of rotatable bonds is 4. The molecule has 0 bridgehead atoms. The molecule has 2 heterocycles. The van der Waals surface area contributed by atoms with Crippen LogP contribution in [0.3, 0.4) is 0 Å². The number of sulfonamides is 1. The molecule has 0 atom stereocenters. The Hall–Kier alpha value is -1.38. The predicted molar refractivity (Wildman–Crippen MR) is 89.3 cm³/mol. The van der Waals surface area contributed by atoms with E-state index in [0.717, 1.165) is 25.7 Å². The van der Waals surface area contributed by atoms with E-state index in [1.165, 1.54) is 23.0 Å². The third-order valence-corrected chi connectivity index (χ3v) is 6.62. The number of morpholine rings is 1. The first-order valence-electron chi connectivity index (χ1n) is 8.53. The van der Waals surface area contributed by atoms with E-state index >= 15 is 0 Å². The highest BCUT2D eigenvalue weighted by atomic mass is 32.2. The molecule has 1 aliphatic heterocycles. The summed E-state index contributed by atoms with van der Waals surface area (Å²) in [5, 5.41) is 3.03. The average Bonchev–Trinajstić information content (AvgIpc) is 2.99. The molecule has 3 rings (SSSR count). The van der Waals surface area contributed by atoms with Gasteiger partial charge in [-0.2, -0.15) is 4.31 Å². The van der Waals surface area contributed by atoms with Crippen LogP contribution in [0.2, 0.25) is 0 Å². The van der Waals surface area contributed by atoms with Crippen LogP contribution in [0.5, 0.6) is 0 Å². The van der Waals surface area contributed by atoms with E-state index in [4.69, 9.17) is 4.74 Å². The van der Waals surface area contributed by atoms with Crippen molar-refractivity contribution in [3.8, 4) is 0 Å². The summed E-state index contributed by atoms with van der Waals surface area (Å²) in [5.74, 6) is -0.201. The molecule has 0 unspecified atom stereocenters. The monoisotopic (exact) mass is 355 g/mol. The van der Waals surface area contributed by atoms with Gasteiger partial charge in [0.2, 0.25) is 10.0 Å². The van der Waals surface area contributed by atoms with E-state index in [9.17, 15) is 13.2 Å². The highest BCUT2D eigenvalue weighted by Crippen LogP contribution is 2.21. The Kier molecular flexibility index (Phi) is 5.27. The van der Waals surface area contributed by atoms with Gasteiger partial charge >= 0.3 is 0 Å². The Balaban J connectivity index is 1.75. The van der Waals surface area contributed by atoms with Crippen LogP contribution in [0.15, 0.2) is 17.2 Å². The lowest BCUT2D eigenvalue weighted by Gasteiger charge is -2.25. The summed E-state index contributed by atoms with van der Waals surface area (Å²) in [6.07, 6.45) is 6.99. The number of nitrogens with zero attached hydrogens (tertiary/aromatic N) is 2. The quantitative estimate of drug-likeness (QED) is 0.877. The average molecular weight is 355 g/mol. The first-order valence-corrected chi connectivity index (χ1v) is 9.97. The fourth-order valence-corrected chi connectivity index (χ4v) is 4.82. The van der Waals surface area contributed by atoms with Gasteiger partial charge in [-0.3, -0.25) is 4.79 Å². The SMILES string of the molecule is Cn1cc(S(=O)(=O)N2CCOCC2)cc1C(=O)NC1CCCCC1. The molecule has 0 spiro atoms. The van der Waals surface area contributed by atoms with Gasteiger partial charge in [-0.15, -0.1) is 0 Å². The van der Waals surface area contributed by atoms with Crippen molar-refractivity contribution in [2.75, 3.05) is 26.3 Å². The van der Waals surface area contributed by atoms with E-state index in [-0.39, 0.29) is 16.8 Å². The first-order chi connectivity index (χ1) is 11.5. The number of carbonyl (C=O) groups excluding carboxylic acids is 1. The van der Waals surface area contributed by atoms with Gasteiger partial charge in [-0.1, -0.05) is 19.3 Å². The Morgan fingerprint density at radius 2 is 1.88 bits per heavy atom. The number of carbonyl (C=O) groups is 1. The van der Waals surface area contributed by atoms with Gasteiger partial charge in [0.05, 0.1) is 13.2 Å². The molecule has 24 heavy (non-hydrogen) atoms. The van der Waals surface area contributed by atoms with E-state index < -0.39 is 10.0 Å². The number of nitrogens with one attached hydrogen (secondary N) is 1. The maximum absolute atomic E-state index is 12.7. The molecule has 1 saturated heterocycles. The molecule has 0 aromatic carbocycles. The molecule has 7 nitrogen and oxygen atoms in total. The molecular weight excluding hydrogens is 330 g/mol. The molecule has 1 N–H and O–H groups in total. The summed E-state index contributed by atoms with van der Waals surface area (Å²) in [6.45, 7) is 1.50. The lowest BCUT2D eigenvalue weighted by Crippen LogP contribution is -2.40. The summed E-state index contributed by atoms with van der Waals surface area (Å²) in [4.78, 5) is 12.7. The van der Waals surface area contributed by atoms with E-state index in [2.05, 4.69) is 5.32 Å². The van der Waals surface area contributed by atoms with Gasteiger partial charge in [0, 0.05) is 32.4 Å². The molecule has 1 aromatic rings. The van der Waals surface area contributed by atoms with Gasteiger partial charge < -0.3 is 14.6 Å². The molecule has 1 aliphatic carbocycles. The molecule has 2 aliphatic rings. The highest BCUT2D eigenvalue weighted by molar-refractivity contribution is 7.89. The Labute approximate surface area is 143 Å². The number of aromatic nitrogens is 1. The van der Waals surface area contributed by atoms with Crippen LogP contribution in [0.1, 0.15) is 42.6 Å². The largest absolute Gasteiger partial charge is 0.379 e. The maximum Gasteiger partial charge on any atom is 0.268 e. The van der Waals surface area contributed by atoms with Crippen LogP contribution in [0.4, 0.5) is 0 Å². The number of ether oxygens (including phenoxy) is 1. The summed E-state index contributed by atoms with van der Waals surface area (Å²) >= 11 is 0. The van der Waals surface area contributed by atoms with Gasteiger partial charge in [0.15, 0.2) is 0 Å². The zero-order valence-corrected chi connectivity index (χ0v) is 14.8. The third-order valence-electron chi connectivity index (χ3n) is 4.76. The summed E-state index contributed by atoms with van der Waals surface area (Å²) in [5.41, 5.74) is 0.382. The standard InChI is InChI=1S/C16H25N3O4S/c1-18-12-14(24(21,22)19-7-9-23-10-8-19)11-15(18)16(20)17-13-5-3-2-4-6-13/h11-13H,2-10H2,1H3,(H,17,20). The van der Waals surface area contributed by atoms with Crippen molar-refractivity contribution in [2.24, 2.45) is 7.05 Å². The fraction of sp³-hybridized carbons (Fsp3) is 0.688. The first kappa shape index (κ1) is 17.4. The Morgan fingerprint density at radius 3 is 2.54 bits per heavy atom. The smallest absolute Gasteiger partial charge is 0.268 e. The topological polar surface area (TPSA) is 80.6 Å². The van der Waals surface area contributed by atoms with Gasteiger partial charge in [-0.25, -0.2) is 8.42 Å². The maximum atomic E-state index is 12.7. The molecule has 1 aromatic heterocycles. The van der Waals surface area contributed by atoms with Gasteiger partial charge in [-0.05, 0) is 18.9 Å². The van der Waals surface area contributed by atoms with Crippen molar-refractivity contribution >= 4 is 15.9 Å². The van der Waals surface area contributed by atoms with Crippen LogP contribution in [0.25, 0.3) is 0 Å². The molecule has 0 radical (unpaired) electrons. The van der Waals surface area contributed by atoms with Crippen molar-refractivity contribution in [1.29, 1.82) is 0 Å². The van der Waals surface area contributed by atoms with Crippen LogP contribution in [-0.4, -0.2) is 55.5 Å². The number of aryl methyl sites for hydroxylation is 1. The molecular formula is C16H25N3O4S. The number of hydrogen-bond acceptors (Lipinski definition) is 4. The zero-order valence-electron chi connectivity index (χ0n) is 14.0. The Bertz CT molecular complexity index is 686.